The molecule has 0 saturated heterocycles. The van der Waals surface area contributed by atoms with Gasteiger partial charge >= 0.3 is 0 Å². The van der Waals surface area contributed by atoms with Crippen molar-refractivity contribution in [2.45, 2.75) is 6.92 Å². The van der Waals surface area contributed by atoms with Gasteiger partial charge < -0.3 is 14.8 Å². The maximum Gasteiger partial charge on any atom is 0.231 e. The summed E-state index contributed by atoms with van der Waals surface area (Å²) < 4.78 is 12.6. The maximum atomic E-state index is 6.27. The number of halogens is 3. The molecule has 144 valence electrons. The van der Waals surface area contributed by atoms with Crippen molar-refractivity contribution >= 4 is 68.0 Å². The highest BCUT2D eigenvalue weighted by Gasteiger charge is 2.18. The number of thiazole rings is 1. The average Bonchev–Trinajstić information content (AvgIpc) is 3.33. The second-order valence-electron chi connectivity index (χ2n) is 5.98. The number of nitrogens with zero attached hydrogens (tertiary/aromatic N) is 3. The Morgan fingerprint density at radius 1 is 1.14 bits per heavy atom. The summed E-state index contributed by atoms with van der Waals surface area (Å²) in [4.78, 5) is 9.25. The van der Waals surface area contributed by atoms with Crippen LogP contribution in [0.4, 0.5) is 10.8 Å². The van der Waals surface area contributed by atoms with Crippen molar-refractivity contribution in [3.8, 4) is 22.9 Å². The Kier molecular flexibility index (Phi) is 5.13. The smallest absolute Gasteiger partial charge is 0.231 e. The highest BCUT2D eigenvalue weighted by atomic mass is 79.9. The molecule has 0 fully saturated rings. The number of imidazole rings is 1. The van der Waals surface area contributed by atoms with Crippen molar-refractivity contribution < 1.29 is 9.47 Å². The highest BCUT2D eigenvalue weighted by Crippen LogP contribution is 2.36. The van der Waals surface area contributed by atoms with Crippen LogP contribution in [0.5, 0.6) is 11.5 Å². The first kappa shape index (κ1) is 19.3. The van der Waals surface area contributed by atoms with E-state index in [1.54, 1.807) is 12.3 Å². The van der Waals surface area contributed by atoms with Crippen LogP contribution in [0, 0.1) is 6.92 Å². The van der Waals surface area contributed by atoms with E-state index >= 15 is 0 Å². The Morgan fingerprint density at radius 3 is 2.82 bits per heavy atom. The highest BCUT2D eigenvalue weighted by molar-refractivity contribution is 8.93. The van der Waals surface area contributed by atoms with Gasteiger partial charge in [-0.15, -0.1) is 28.3 Å². The Balaban J connectivity index is 0.00000192. The van der Waals surface area contributed by atoms with Gasteiger partial charge in [-0.3, -0.25) is 4.40 Å². The van der Waals surface area contributed by atoms with Crippen LogP contribution in [0.2, 0.25) is 10.0 Å². The standard InChI is InChI=1S/C18H12Cl2N4O2S.BrH/c1-9-16(24-6-10(19)4-12(20)17(24)21-9)13-7-27-18(23-13)22-11-2-3-14-15(5-11)26-8-25-14;/h2-7H,8H2,1H3,(H,22,23);1H. The zero-order valence-electron chi connectivity index (χ0n) is 14.4. The Labute approximate surface area is 184 Å². The van der Waals surface area contributed by atoms with Crippen LogP contribution in [0.25, 0.3) is 17.0 Å². The van der Waals surface area contributed by atoms with Crippen molar-refractivity contribution in [2.75, 3.05) is 12.1 Å². The summed E-state index contributed by atoms with van der Waals surface area (Å²) in [5.41, 5.74) is 4.03. The molecule has 4 aromatic rings. The molecule has 3 aromatic heterocycles. The van der Waals surface area contributed by atoms with Gasteiger partial charge in [0.1, 0.15) is 5.69 Å². The summed E-state index contributed by atoms with van der Waals surface area (Å²) in [5.74, 6) is 1.47. The van der Waals surface area contributed by atoms with Crippen molar-refractivity contribution in [3.05, 3.63) is 51.6 Å². The maximum absolute atomic E-state index is 6.27. The zero-order valence-corrected chi connectivity index (χ0v) is 18.4. The van der Waals surface area contributed by atoms with Crippen LogP contribution in [-0.4, -0.2) is 21.2 Å². The molecule has 1 N–H and O–H groups in total. The number of hydrogen-bond donors (Lipinski definition) is 1. The Hall–Kier alpha value is -2.00. The number of hydrogen-bond acceptors (Lipinski definition) is 6. The van der Waals surface area contributed by atoms with E-state index in [0.29, 0.717) is 15.7 Å². The number of nitrogens with one attached hydrogen (secondary N) is 1. The summed E-state index contributed by atoms with van der Waals surface area (Å²) in [5, 5.41) is 7.07. The van der Waals surface area contributed by atoms with Crippen LogP contribution in [0.15, 0.2) is 35.8 Å². The van der Waals surface area contributed by atoms with E-state index in [1.165, 1.54) is 11.3 Å². The quantitative estimate of drug-likeness (QED) is 0.367. The number of pyridine rings is 1. The lowest BCUT2D eigenvalue weighted by Crippen LogP contribution is -1.93. The normalized spacial score (nSPS) is 12.2. The third kappa shape index (κ3) is 3.30. The van der Waals surface area contributed by atoms with Gasteiger partial charge in [-0.2, -0.15) is 0 Å². The molecule has 0 radical (unpaired) electrons. The summed E-state index contributed by atoms with van der Waals surface area (Å²) in [6.45, 7) is 2.18. The Morgan fingerprint density at radius 2 is 1.96 bits per heavy atom. The van der Waals surface area contributed by atoms with E-state index in [9.17, 15) is 0 Å². The van der Waals surface area contributed by atoms with E-state index in [1.807, 2.05) is 34.9 Å². The molecule has 1 aliphatic rings. The van der Waals surface area contributed by atoms with E-state index in [4.69, 9.17) is 37.7 Å². The first-order valence-electron chi connectivity index (χ1n) is 8.05. The van der Waals surface area contributed by atoms with E-state index in [-0.39, 0.29) is 23.8 Å². The third-order valence-corrected chi connectivity index (χ3v) is 5.43. The van der Waals surface area contributed by atoms with Crippen LogP contribution < -0.4 is 14.8 Å². The van der Waals surface area contributed by atoms with Gasteiger partial charge in [-0.1, -0.05) is 23.2 Å². The van der Waals surface area contributed by atoms with Crippen LogP contribution in [0.3, 0.4) is 0 Å². The molecule has 1 aromatic carbocycles. The molecule has 10 heteroatoms. The zero-order chi connectivity index (χ0) is 18.5. The lowest BCUT2D eigenvalue weighted by Gasteiger charge is -2.04. The molecule has 1 aliphatic heterocycles. The molecule has 5 rings (SSSR count). The average molecular weight is 500 g/mol. The topological polar surface area (TPSA) is 60.7 Å². The number of rotatable bonds is 3. The molecular formula is C18H13BrCl2N4O2S. The first-order valence-corrected chi connectivity index (χ1v) is 9.68. The van der Waals surface area contributed by atoms with E-state index in [0.717, 1.165) is 39.4 Å². The van der Waals surface area contributed by atoms with Crippen LogP contribution >= 0.6 is 51.5 Å². The summed E-state index contributed by atoms with van der Waals surface area (Å²) in [6.07, 6.45) is 1.79. The van der Waals surface area contributed by atoms with Gasteiger partial charge in [0.15, 0.2) is 22.3 Å². The number of benzene rings is 1. The second kappa shape index (κ2) is 7.44. The van der Waals surface area contributed by atoms with Crippen LogP contribution in [-0.2, 0) is 0 Å². The van der Waals surface area contributed by atoms with Gasteiger partial charge in [0, 0.05) is 23.3 Å². The fourth-order valence-corrected chi connectivity index (χ4v) is 4.26. The van der Waals surface area contributed by atoms with Crippen LogP contribution in [0.1, 0.15) is 5.69 Å². The molecule has 0 saturated carbocycles. The number of aryl methyl sites for hydroxylation is 1. The third-order valence-electron chi connectivity index (χ3n) is 4.19. The molecule has 4 heterocycles. The van der Waals surface area contributed by atoms with Gasteiger partial charge in [-0.05, 0) is 25.1 Å². The lowest BCUT2D eigenvalue weighted by atomic mass is 10.3. The predicted octanol–water partition coefficient (Wildman–Crippen LogP) is 6.12. The lowest BCUT2D eigenvalue weighted by molar-refractivity contribution is 0.174. The fraction of sp³-hybridized carbons (Fsp3) is 0.111. The monoisotopic (exact) mass is 498 g/mol. The van der Waals surface area contributed by atoms with Gasteiger partial charge in [0.25, 0.3) is 0 Å². The number of anilines is 2. The second-order valence-corrected chi connectivity index (χ2v) is 7.68. The Bertz CT molecular complexity index is 1190. The fourth-order valence-electron chi connectivity index (χ4n) is 3.03. The summed E-state index contributed by atoms with van der Waals surface area (Å²) in [7, 11) is 0. The van der Waals surface area contributed by atoms with Crippen molar-refractivity contribution in [3.63, 3.8) is 0 Å². The molecule has 28 heavy (non-hydrogen) atoms. The number of fused-ring (bicyclic) bond motifs is 2. The van der Waals surface area contributed by atoms with Gasteiger partial charge in [0.05, 0.1) is 21.4 Å². The van der Waals surface area contributed by atoms with E-state index < -0.39 is 0 Å². The summed E-state index contributed by atoms with van der Waals surface area (Å²) in [6, 6.07) is 7.37. The minimum atomic E-state index is 0. The molecular weight excluding hydrogens is 487 g/mol. The molecule has 6 nitrogen and oxygen atoms in total. The molecule has 0 bridgehead atoms. The minimum Gasteiger partial charge on any atom is -0.454 e. The molecule has 0 spiro atoms. The molecule has 0 unspecified atom stereocenters. The summed E-state index contributed by atoms with van der Waals surface area (Å²) >= 11 is 13.9. The number of aromatic nitrogens is 3. The van der Waals surface area contributed by atoms with Gasteiger partial charge in [-0.25, -0.2) is 9.97 Å². The van der Waals surface area contributed by atoms with Crippen molar-refractivity contribution in [2.24, 2.45) is 0 Å². The molecule has 0 atom stereocenters. The van der Waals surface area contributed by atoms with Crippen molar-refractivity contribution in [1.82, 2.24) is 14.4 Å². The van der Waals surface area contributed by atoms with Gasteiger partial charge in [0.2, 0.25) is 6.79 Å². The minimum absolute atomic E-state index is 0. The predicted molar refractivity (Wildman–Crippen MR) is 117 cm³/mol. The molecule has 0 aliphatic carbocycles. The first-order chi connectivity index (χ1) is 13.1. The number of ether oxygens (including phenoxy) is 2. The largest absolute Gasteiger partial charge is 0.454 e. The molecule has 0 amide bonds. The van der Waals surface area contributed by atoms with E-state index in [2.05, 4.69) is 10.3 Å². The van der Waals surface area contributed by atoms with Crippen molar-refractivity contribution in [1.29, 1.82) is 0 Å². The SMILES string of the molecule is Br.Cc1nc2c(Cl)cc(Cl)cn2c1-c1csc(Nc2ccc3c(c2)OCO3)n1.